The van der Waals surface area contributed by atoms with Gasteiger partial charge in [-0.25, -0.2) is 9.68 Å². The summed E-state index contributed by atoms with van der Waals surface area (Å²) in [5.41, 5.74) is -0.587. The third-order valence-corrected chi connectivity index (χ3v) is 11.8. The molecule has 0 saturated heterocycles. The molecule has 1 aromatic carbocycles. The van der Waals surface area contributed by atoms with Crippen molar-refractivity contribution < 1.29 is 28.8 Å². The van der Waals surface area contributed by atoms with Gasteiger partial charge in [-0.15, -0.1) is 0 Å². The standard InChI is InChI=1S/C26H42O6Si/c1-24(2,3)33(6,7)31-22(14-11-19-30-20-21-12-9-8-10-13-21)25(4)15-17-26(32-28,18-16-25)23(27)29-5/h8-10,12-13,15,17,22,28H,11,14,16,18-20H2,1-7H3/t22-,25+,26?/m0/s1. The molecule has 1 unspecified atom stereocenters. The van der Waals surface area contributed by atoms with E-state index in [0.29, 0.717) is 26.1 Å². The summed E-state index contributed by atoms with van der Waals surface area (Å²) in [4.78, 5) is 16.8. The fourth-order valence-electron chi connectivity index (χ4n) is 3.86. The van der Waals surface area contributed by atoms with E-state index >= 15 is 0 Å². The predicted octanol–water partition coefficient (Wildman–Crippen LogP) is 6.13. The second-order valence-corrected chi connectivity index (χ2v) is 15.6. The highest BCUT2D eigenvalue weighted by atomic mass is 28.4. The largest absolute Gasteiger partial charge is 0.467 e. The average molecular weight is 479 g/mol. The Bertz CT molecular complexity index is 788. The Hall–Kier alpha value is -1.51. The maximum Gasteiger partial charge on any atom is 0.345 e. The Kier molecular flexibility index (Phi) is 9.47. The highest BCUT2D eigenvalue weighted by Crippen LogP contribution is 2.46. The molecule has 0 fully saturated rings. The number of methoxy groups -OCH3 is 1. The molecular weight excluding hydrogens is 436 g/mol. The van der Waals surface area contributed by atoms with Gasteiger partial charge in [-0.05, 0) is 55.5 Å². The van der Waals surface area contributed by atoms with Gasteiger partial charge in [0.05, 0.1) is 19.8 Å². The molecule has 0 saturated carbocycles. The molecule has 2 rings (SSSR count). The van der Waals surface area contributed by atoms with E-state index in [1.807, 2.05) is 24.3 Å². The molecule has 1 N–H and O–H groups in total. The zero-order valence-electron chi connectivity index (χ0n) is 21.3. The first-order chi connectivity index (χ1) is 15.4. The van der Waals surface area contributed by atoms with Crippen LogP contribution in [-0.2, 0) is 30.2 Å². The highest BCUT2D eigenvalue weighted by molar-refractivity contribution is 6.74. The molecule has 33 heavy (non-hydrogen) atoms. The van der Waals surface area contributed by atoms with Crippen LogP contribution in [0.4, 0.5) is 0 Å². The van der Waals surface area contributed by atoms with Crippen LogP contribution >= 0.6 is 0 Å². The van der Waals surface area contributed by atoms with E-state index in [1.54, 1.807) is 6.08 Å². The van der Waals surface area contributed by atoms with Gasteiger partial charge in [-0.3, -0.25) is 5.26 Å². The van der Waals surface area contributed by atoms with Gasteiger partial charge in [-0.2, -0.15) is 0 Å². The molecule has 0 bridgehead atoms. The Labute approximate surface area is 200 Å². The van der Waals surface area contributed by atoms with Crippen LogP contribution in [0.3, 0.4) is 0 Å². The van der Waals surface area contributed by atoms with E-state index in [9.17, 15) is 10.1 Å². The lowest BCUT2D eigenvalue weighted by atomic mass is 9.71. The van der Waals surface area contributed by atoms with E-state index in [4.69, 9.17) is 13.9 Å². The fraction of sp³-hybridized carbons (Fsp3) is 0.654. The van der Waals surface area contributed by atoms with Crippen LogP contribution in [0.2, 0.25) is 18.1 Å². The molecule has 1 aliphatic carbocycles. The van der Waals surface area contributed by atoms with Crippen molar-refractivity contribution in [1.29, 1.82) is 0 Å². The number of carbonyl (C=O) groups excluding carboxylic acids is 1. The molecule has 6 nitrogen and oxygen atoms in total. The van der Waals surface area contributed by atoms with E-state index < -0.39 is 19.9 Å². The van der Waals surface area contributed by atoms with Crippen molar-refractivity contribution in [2.75, 3.05) is 13.7 Å². The molecular formula is C26H42O6Si. The normalized spacial score (nSPS) is 24.5. The summed E-state index contributed by atoms with van der Waals surface area (Å²) in [6, 6.07) is 10.2. The minimum atomic E-state index is -2.04. The van der Waals surface area contributed by atoms with Crippen LogP contribution in [0, 0.1) is 5.41 Å². The highest BCUT2D eigenvalue weighted by Gasteiger charge is 2.49. The van der Waals surface area contributed by atoms with Crippen molar-refractivity contribution in [1.82, 2.24) is 0 Å². The van der Waals surface area contributed by atoms with Crippen molar-refractivity contribution in [3.63, 3.8) is 0 Å². The van der Waals surface area contributed by atoms with Crippen molar-refractivity contribution in [3.8, 4) is 0 Å². The first kappa shape index (κ1) is 27.7. The third kappa shape index (κ3) is 6.99. The second kappa shape index (κ2) is 11.3. The molecule has 7 heteroatoms. The minimum absolute atomic E-state index is 0.0377. The van der Waals surface area contributed by atoms with Gasteiger partial charge >= 0.3 is 5.97 Å². The van der Waals surface area contributed by atoms with Gasteiger partial charge in [0.25, 0.3) is 0 Å². The van der Waals surface area contributed by atoms with Crippen LogP contribution in [-0.4, -0.2) is 45.0 Å². The summed E-state index contributed by atoms with van der Waals surface area (Å²) in [6.07, 6.45) is 6.22. The third-order valence-electron chi connectivity index (χ3n) is 7.31. The summed E-state index contributed by atoms with van der Waals surface area (Å²) in [6.45, 7) is 14.6. The number of benzene rings is 1. The molecule has 0 radical (unpaired) electrons. The summed E-state index contributed by atoms with van der Waals surface area (Å²) in [5, 5.41) is 9.52. The molecule has 0 heterocycles. The smallest absolute Gasteiger partial charge is 0.345 e. The molecule has 1 aliphatic rings. The quantitative estimate of drug-likeness (QED) is 0.103. The topological polar surface area (TPSA) is 74.2 Å². The monoisotopic (exact) mass is 478 g/mol. The Morgan fingerprint density at radius 3 is 2.33 bits per heavy atom. The maximum absolute atomic E-state index is 12.2. The molecule has 0 aliphatic heterocycles. The molecule has 0 spiro atoms. The van der Waals surface area contributed by atoms with E-state index in [-0.39, 0.29) is 16.6 Å². The molecule has 3 atom stereocenters. The number of esters is 1. The average Bonchev–Trinajstić information content (AvgIpc) is 2.78. The lowest BCUT2D eigenvalue weighted by Gasteiger charge is -2.47. The number of hydrogen-bond donors (Lipinski definition) is 1. The Morgan fingerprint density at radius 2 is 1.82 bits per heavy atom. The van der Waals surface area contributed by atoms with Crippen LogP contribution in [0.5, 0.6) is 0 Å². The molecule has 186 valence electrons. The molecule has 1 aromatic rings. The lowest BCUT2D eigenvalue weighted by molar-refractivity contribution is -0.307. The lowest BCUT2D eigenvalue weighted by Crippen LogP contribution is -2.51. The molecule has 0 amide bonds. The number of carbonyl (C=O) groups is 1. The van der Waals surface area contributed by atoms with E-state index in [1.165, 1.54) is 7.11 Å². The first-order valence-corrected chi connectivity index (χ1v) is 14.7. The predicted molar refractivity (Wildman–Crippen MR) is 132 cm³/mol. The second-order valence-electron chi connectivity index (χ2n) is 10.9. The minimum Gasteiger partial charge on any atom is -0.467 e. The van der Waals surface area contributed by atoms with Gasteiger partial charge in [0.2, 0.25) is 5.60 Å². The Balaban J connectivity index is 2.12. The Morgan fingerprint density at radius 1 is 1.15 bits per heavy atom. The number of hydrogen-bond acceptors (Lipinski definition) is 6. The van der Waals surface area contributed by atoms with E-state index in [2.05, 4.69) is 57.8 Å². The molecule has 0 aromatic heterocycles. The van der Waals surface area contributed by atoms with Gasteiger partial charge < -0.3 is 13.9 Å². The van der Waals surface area contributed by atoms with Crippen molar-refractivity contribution in [2.45, 2.75) is 89.8 Å². The van der Waals surface area contributed by atoms with Crippen LogP contribution < -0.4 is 0 Å². The van der Waals surface area contributed by atoms with Crippen LogP contribution in [0.1, 0.15) is 58.9 Å². The summed E-state index contributed by atoms with van der Waals surface area (Å²) >= 11 is 0. The van der Waals surface area contributed by atoms with Crippen LogP contribution in [0.25, 0.3) is 0 Å². The van der Waals surface area contributed by atoms with Gasteiger partial charge in [0, 0.05) is 12.0 Å². The number of rotatable bonds is 11. The zero-order chi connectivity index (χ0) is 24.8. The van der Waals surface area contributed by atoms with Crippen molar-refractivity contribution >= 4 is 14.3 Å². The van der Waals surface area contributed by atoms with Crippen molar-refractivity contribution in [2.24, 2.45) is 5.41 Å². The van der Waals surface area contributed by atoms with Crippen molar-refractivity contribution in [3.05, 3.63) is 48.0 Å². The first-order valence-electron chi connectivity index (χ1n) is 11.8. The SMILES string of the molecule is COC(=O)C1(OO)C=C[C@@](C)([C@H](CCCOCc2ccccc2)O[Si](C)(C)C(C)(C)C)CC1. The summed E-state index contributed by atoms with van der Waals surface area (Å²) in [7, 11) is -0.745. The summed E-state index contributed by atoms with van der Waals surface area (Å²) < 4.78 is 17.7. The fourth-order valence-corrected chi connectivity index (χ4v) is 5.31. The zero-order valence-corrected chi connectivity index (χ0v) is 22.3. The van der Waals surface area contributed by atoms with E-state index in [0.717, 1.165) is 18.4 Å². The van der Waals surface area contributed by atoms with Gasteiger partial charge in [0.15, 0.2) is 8.32 Å². The summed E-state index contributed by atoms with van der Waals surface area (Å²) in [5.74, 6) is -0.598. The van der Waals surface area contributed by atoms with Gasteiger partial charge in [0.1, 0.15) is 0 Å². The number of ether oxygens (including phenoxy) is 2. The maximum atomic E-state index is 12.2. The van der Waals surface area contributed by atoms with Gasteiger partial charge in [-0.1, -0.05) is 64.1 Å². The van der Waals surface area contributed by atoms with Crippen LogP contribution in [0.15, 0.2) is 42.5 Å².